The van der Waals surface area contributed by atoms with Gasteiger partial charge in [-0.25, -0.2) is 0 Å². The lowest BCUT2D eigenvalue weighted by Gasteiger charge is -2.23. The van der Waals surface area contributed by atoms with Crippen LogP contribution in [0.3, 0.4) is 0 Å². The zero-order valence-electron chi connectivity index (χ0n) is 15.2. The molecule has 0 saturated heterocycles. The zero-order valence-corrected chi connectivity index (χ0v) is 15.2. The van der Waals surface area contributed by atoms with Gasteiger partial charge in [0.25, 0.3) is 0 Å². The molecule has 1 amide bonds. The molecule has 0 bridgehead atoms. The number of nitrogens with zero attached hydrogens (tertiary/aromatic N) is 1. The van der Waals surface area contributed by atoms with E-state index >= 15 is 0 Å². The molecule has 1 aromatic carbocycles. The first-order valence-corrected chi connectivity index (χ1v) is 9.03. The second-order valence-corrected chi connectivity index (χ2v) is 6.95. The number of H-pyrrole nitrogens is 1. The predicted octanol–water partition coefficient (Wildman–Crippen LogP) is 3.38. The van der Waals surface area contributed by atoms with Crippen molar-refractivity contribution in [1.82, 2.24) is 15.5 Å². The van der Waals surface area contributed by atoms with Gasteiger partial charge in [-0.3, -0.25) is 9.89 Å². The minimum absolute atomic E-state index is 0.0489. The van der Waals surface area contributed by atoms with Gasteiger partial charge in [0.2, 0.25) is 5.91 Å². The van der Waals surface area contributed by atoms with Gasteiger partial charge in [0.1, 0.15) is 0 Å². The summed E-state index contributed by atoms with van der Waals surface area (Å²) in [5, 5.41) is 10.4. The van der Waals surface area contributed by atoms with Crippen molar-refractivity contribution in [3.63, 3.8) is 0 Å². The van der Waals surface area contributed by atoms with Crippen LogP contribution in [0.5, 0.6) is 0 Å². The van der Waals surface area contributed by atoms with Crippen molar-refractivity contribution in [2.24, 2.45) is 0 Å². The number of carbonyl (C=O) groups is 1. The number of rotatable bonds is 6. The Hall–Kier alpha value is -2.14. The van der Waals surface area contributed by atoms with Crippen LogP contribution in [-0.4, -0.2) is 28.3 Å². The number of carbonyl (C=O) groups excluding carboxylic acids is 1. The third-order valence-corrected chi connectivity index (χ3v) is 5.10. The predicted molar refractivity (Wildman–Crippen MR) is 97.3 cm³/mol. The molecule has 25 heavy (non-hydrogen) atoms. The molecule has 1 aliphatic rings. The third kappa shape index (κ3) is 4.10. The highest BCUT2D eigenvalue weighted by Gasteiger charge is 2.31. The molecule has 0 radical (unpaired) electrons. The van der Waals surface area contributed by atoms with Gasteiger partial charge in [-0.2, -0.15) is 5.10 Å². The number of benzene rings is 1. The summed E-state index contributed by atoms with van der Waals surface area (Å²) >= 11 is 0. The molecule has 1 fully saturated rings. The summed E-state index contributed by atoms with van der Waals surface area (Å²) in [7, 11) is 0. The number of aromatic nitrogens is 2. The number of aryl methyl sites for hydroxylation is 2. The number of ether oxygens (including phenoxy) is 1. The van der Waals surface area contributed by atoms with Crippen LogP contribution in [0.1, 0.15) is 54.6 Å². The summed E-state index contributed by atoms with van der Waals surface area (Å²) in [4.78, 5) is 12.7. The van der Waals surface area contributed by atoms with Gasteiger partial charge in [-0.15, -0.1) is 0 Å². The van der Waals surface area contributed by atoms with Crippen molar-refractivity contribution in [3.8, 4) is 0 Å². The Morgan fingerprint density at radius 2 is 2.08 bits per heavy atom. The fraction of sp³-hybridized carbons (Fsp3) is 0.500. The maximum Gasteiger partial charge on any atom is 0.227 e. The number of aromatic amines is 1. The van der Waals surface area contributed by atoms with Crippen molar-refractivity contribution in [1.29, 1.82) is 0 Å². The minimum atomic E-state index is -0.214. The van der Waals surface area contributed by atoms with Crippen LogP contribution in [0.15, 0.2) is 30.3 Å². The van der Waals surface area contributed by atoms with Crippen molar-refractivity contribution in [2.45, 2.75) is 64.7 Å². The Morgan fingerprint density at radius 1 is 1.32 bits per heavy atom. The van der Waals surface area contributed by atoms with Crippen LogP contribution in [0.25, 0.3) is 0 Å². The zero-order chi connectivity index (χ0) is 17.8. The first kappa shape index (κ1) is 17.7. The van der Waals surface area contributed by atoms with Gasteiger partial charge in [0.15, 0.2) is 0 Å². The number of amides is 1. The number of hydrogen-bond acceptors (Lipinski definition) is 3. The van der Waals surface area contributed by atoms with E-state index in [4.69, 9.17) is 4.74 Å². The van der Waals surface area contributed by atoms with Crippen LogP contribution in [0.2, 0.25) is 0 Å². The molecule has 3 atom stereocenters. The second-order valence-electron chi connectivity index (χ2n) is 6.95. The maximum absolute atomic E-state index is 12.7. The molecule has 2 aromatic rings. The molecule has 1 saturated carbocycles. The third-order valence-electron chi connectivity index (χ3n) is 5.10. The molecule has 0 spiro atoms. The van der Waals surface area contributed by atoms with Gasteiger partial charge < -0.3 is 10.1 Å². The molecule has 134 valence electrons. The highest BCUT2D eigenvalue weighted by atomic mass is 16.5. The smallest absolute Gasteiger partial charge is 0.227 e. The average Bonchev–Trinajstić information content (AvgIpc) is 3.19. The SMILES string of the molecule is Cc1n[nH]c(C)c1[C@H](C)C(=O)N[C@@H]1CCC[C@H]1OCc1ccccc1. The molecular formula is C20H27N3O2. The normalized spacial score (nSPS) is 21.2. The summed E-state index contributed by atoms with van der Waals surface area (Å²) in [5.41, 5.74) is 4.02. The van der Waals surface area contributed by atoms with Gasteiger partial charge in [-0.1, -0.05) is 30.3 Å². The lowest BCUT2D eigenvalue weighted by atomic mass is 9.98. The molecule has 0 aliphatic heterocycles. The molecule has 3 rings (SSSR count). The number of hydrogen-bond donors (Lipinski definition) is 2. The Kier molecular flexibility index (Phi) is 5.53. The minimum Gasteiger partial charge on any atom is -0.371 e. The lowest BCUT2D eigenvalue weighted by Crippen LogP contribution is -2.42. The van der Waals surface area contributed by atoms with Crippen molar-refractivity contribution in [2.75, 3.05) is 0 Å². The highest BCUT2D eigenvalue weighted by Crippen LogP contribution is 2.26. The Balaban J connectivity index is 1.58. The quantitative estimate of drug-likeness (QED) is 0.846. The van der Waals surface area contributed by atoms with E-state index in [-0.39, 0.29) is 24.0 Å². The van der Waals surface area contributed by atoms with Crippen LogP contribution in [0.4, 0.5) is 0 Å². The van der Waals surface area contributed by atoms with Crippen LogP contribution < -0.4 is 5.32 Å². The standard InChI is InChI=1S/C20H27N3O2/c1-13(19-14(2)22-23-15(19)3)20(24)21-17-10-7-11-18(17)25-12-16-8-5-4-6-9-16/h4-6,8-9,13,17-18H,7,10-12H2,1-3H3,(H,21,24)(H,22,23)/t13-,17+,18+/m0/s1. The topological polar surface area (TPSA) is 67.0 Å². The monoisotopic (exact) mass is 341 g/mol. The van der Waals surface area contributed by atoms with Crippen molar-refractivity contribution in [3.05, 3.63) is 52.8 Å². The van der Waals surface area contributed by atoms with E-state index in [2.05, 4.69) is 27.6 Å². The largest absolute Gasteiger partial charge is 0.371 e. The van der Waals surface area contributed by atoms with E-state index in [0.717, 1.165) is 41.8 Å². The summed E-state index contributed by atoms with van der Waals surface area (Å²) < 4.78 is 6.09. The second kappa shape index (κ2) is 7.83. The molecule has 1 aliphatic carbocycles. The van der Waals surface area contributed by atoms with Crippen LogP contribution in [0, 0.1) is 13.8 Å². The molecular weight excluding hydrogens is 314 g/mol. The fourth-order valence-corrected chi connectivity index (χ4v) is 3.70. The molecule has 1 aromatic heterocycles. The first-order valence-electron chi connectivity index (χ1n) is 9.03. The Morgan fingerprint density at radius 3 is 2.76 bits per heavy atom. The maximum atomic E-state index is 12.7. The highest BCUT2D eigenvalue weighted by molar-refractivity contribution is 5.84. The average molecular weight is 341 g/mol. The van der Waals surface area contributed by atoms with E-state index in [1.165, 1.54) is 0 Å². The van der Waals surface area contributed by atoms with E-state index in [9.17, 15) is 4.79 Å². The Bertz CT molecular complexity index is 691. The van der Waals surface area contributed by atoms with Crippen LogP contribution >= 0.6 is 0 Å². The van der Waals surface area contributed by atoms with E-state index in [0.29, 0.717) is 6.61 Å². The first-order chi connectivity index (χ1) is 12.1. The fourth-order valence-electron chi connectivity index (χ4n) is 3.70. The van der Waals surface area contributed by atoms with Crippen molar-refractivity contribution < 1.29 is 9.53 Å². The van der Waals surface area contributed by atoms with E-state index in [1.807, 2.05) is 39.0 Å². The summed E-state index contributed by atoms with van der Waals surface area (Å²) in [6.07, 6.45) is 3.14. The molecule has 2 N–H and O–H groups in total. The van der Waals surface area contributed by atoms with E-state index < -0.39 is 0 Å². The van der Waals surface area contributed by atoms with Gasteiger partial charge in [0.05, 0.1) is 30.4 Å². The molecule has 1 heterocycles. The summed E-state index contributed by atoms with van der Waals surface area (Å²) in [6, 6.07) is 10.3. The lowest BCUT2D eigenvalue weighted by molar-refractivity contribution is -0.124. The van der Waals surface area contributed by atoms with Gasteiger partial charge >= 0.3 is 0 Å². The van der Waals surface area contributed by atoms with Crippen LogP contribution in [-0.2, 0) is 16.1 Å². The molecule has 0 unspecified atom stereocenters. The number of nitrogens with one attached hydrogen (secondary N) is 2. The van der Waals surface area contributed by atoms with E-state index in [1.54, 1.807) is 0 Å². The molecule has 5 heteroatoms. The van der Waals surface area contributed by atoms with Gasteiger partial charge in [0, 0.05) is 11.3 Å². The molecule has 5 nitrogen and oxygen atoms in total. The van der Waals surface area contributed by atoms with Crippen molar-refractivity contribution >= 4 is 5.91 Å². The summed E-state index contributed by atoms with van der Waals surface area (Å²) in [5.74, 6) is -0.165. The summed E-state index contributed by atoms with van der Waals surface area (Å²) in [6.45, 7) is 6.42. The van der Waals surface area contributed by atoms with Gasteiger partial charge in [-0.05, 0) is 45.6 Å². The Labute approximate surface area is 149 Å².